The van der Waals surface area contributed by atoms with Crippen molar-refractivity contribution in [2.75, 3.05) is 20.8 Å². The number of carbonyl (C=O) groups excluding carboxylic acids is 1. The summed E-state index contributed by atoms with van der Waals surface area (Å²) in [4.78, 5) is 26.9. The predicted octanol–water partition coefficient (Wildman–Crippen LogP) is 8.02. The lowest BCUT2D eigenvalue weighted by atomic mass is 9.93. The number of alkyl halides is 3. The van der Waals surface area contributed by atoms with Crippen LogP contribution in [-0.2, 0) is 35.3 Å². The lowest BCUT2D eigenvalue weighted by Gasteiger charge is -2.25. The molecule has 0 bridgehead atoms. The molecule has 56 heavy (non-hydrogen) atoms. The van der Waals surface area contributed by atoms with Crippen LogP contribution in [0.5, 0.6) is 17.5 Å². The zero-order valence-corrected chi connectivity index (χ0v) is 32.1. The molecule has 2 heterocycles. The van der Waals surface area contributed by atoms with Crippen molar-refractivity contribution in [1.82, 2.24) is 20.9 Å². The summed E-state index contributed by atoms with van der Waals surface area (Å²) in [5.41, 5.74) is 2.44. The van der Waals surface area contributed by atoms with E-state index in [9.17, 15) is 27.9 Å². The Morgan fingerprint density at radius 2 is 1.71 bits per heavy atom. The number of carbonyl (C=O) groups is 2. The Bertz CT molecular complexity index is 2130. The molecule has 10 nitrogen and oxygen atoms in total. The molecule has 4 N–H and O–H groups in total. The third kappa shape index (κ3) is 9.03. The highest BCUT2D eigenvalue weighted by atomic mass is 35.5. The third-order valence-electron chi connectivity index (χ3n) is 10.1. The van der Waals surface area contributed by atoms with Crippen molar-refractivity contribution in [3.05, 3.63) is 93.3 Å². The molecule has 1 aliphatic carbocycles. The van der Waals surface area contributed by atoms with E-state index in [1.807, 2.05) is 12.1 Å². The zero-order chi connectivity index (χ0) is 40.4. The normalized spacial score (nSPS) is 16.8. The third-order valence-corrected chi connectivity index (χ3v) is 10.5. The molecular weight excluding hydrogens is 756 g/mol. The van der Waals surface area contributed by atoms with Crippen LogP contribution in [0.25, 0.3) is 22.3 Å². The van der Waals surface area contributed by atoms with E-state index in [0.29, 0.717) is 70.8 Å². The molecule has 3 aromatic carbocycles. The lowest BCUT2D eigenvalue weighted by molar-refractivity contribution is -0.140. The van der Waals surface area contributed by atoms with Crippen LogP contribution in [0.2, 0.25) is 5.02 Å². The van der Waals surface area contributed by atoms with Gasteiger partial charge in [-0.1, -0.05) is 48.0 Å². The molecule has 1 fully saturated rings. The zero-order valence-electron chi connectivity index (χ0n) is 31.3. The fourth-order valence-corrected chi connectivity index (χ4v) is 7.64. The summed E-state index contributed by atoms with van der Waals surface area (Å²) in [5.74, 6) is -1.92. The van der Waals surface area contributed by atoms with Crippen molar-refractivity contribution in [3.8, 4) is 39.8 Å². The molecule has 0 radical (unpaired) electrons. The molecule has 1 aliphatic heterocycles. The average Bonchev–Trinajstić information content (AvgIpc) is 3.75. The second-order valence-corrected chi connectivity index (χ2v) is 15.0. The van der Waals surface area contributed by atoms with E-state index in [0.717, 1.165) is 17.2 Å². The Labute approximate surface area is 326 Å². The van der Waals surface area contributed by atoms with Crippen LogP contribution in [0, 0.1) is 5.82 Å². The van der Waals surface area contributed by atoms with E-state index >= 15 is 4.39 Å². The van der Waals surface area contributed by atoms with Gasteiger partial charge in [0.2, 0.25) is 17.7 Å². The molecule has 2 aliphatic rings. The summed E-state index contributed by atoms with van der Waals surface area (Å²) in [7, 11) is 2.75. The molecule has 15 heteroatoms. The van der Waals surface area contributed by atoms with Crippen molar-refractivity contribution < 1.29 is 46.5 Å². The number of hydrogen-bond acceptors (Lipinski definition) is 8. The SMILES string of the molecule is COc1cc(-c2cccc(-c3cccc4c3CC[C@@H]4Oc3nc(OC)c(CNC(C)(C)CC(=O)O)cc3C(F)(F)F)c2Cl)cc(F)c1CNC[C@@H]1CCC(=O)N1. The largest absolute Gasteiger partial charge is 0.496 e. The summed E-state index contributed by atoms with van der Waals surface area (Å²) < 4.78 is 76.1. The summed E-state index contributed by atoms with van der Waals surface area (Å²) in [6.45, 7) is 3.82. The quantitative estimate of drug-likeness (QED) is 0.0884. The van der Waals surface area contributed by atoms with Crippen LogP contribution in [0.1, 0.15) is 73.5 Å². The first-order valence-electron chi connectivity index (χ1n) is 18.1. The average molecular weight is 799 g/mol. The molecule has 1 saturated heterocycles. The second kappa shape index (κ2) is 16.7. The summed E-state index contributed by atoms with van der Waals surface area (Å²) >= 11 is 7.07. The van der Waals surface area contributed by atoms with Crippen molar-refractivity contribution in [1.29, 1.82) is 0 Å². The highest BCUT2D eigenvalue weighted by Gasteiger charge is 2.39. The topological polar surface area (TPSA) is 131 Å². The van der Waals surface area contributed by atoms with Crippen LogP contribution in [0.4, 0.5) is 17.6 Å². The highest BCUT2D eigenvalue weighted by Crippen LogP contribution is 2.46. The number of halogens is 5. The molecule has 6 rings (SSSR count). The number of pyridine rings is 1. The van der Waals surface area contributed by atoms with Gasteiger partial charge in [0.15, 0.2) is 0 Å². The number of carboxylic acid groups (broad SMARTS) is 1. The Hall–Kier alpha value is -4.92. The molecule has 2 atom stereocenters. The van der Waals surface area contributed by atoms with Gasteiger partial charge in [0.25, 0.3) is 0 Å². The monoisotopic (exact) mass is 798 g/mol. The molecule has 298 valence electrons. The van der Waals surface area contributed by atoms with Gasteiger partial charge in [-0.15, -0.1) is 0 Å². The Kier molecular flexibility index (Phi) is 12.1. The number of amides is 1. The highest BCUT2D eigenvalue weighted by molar-refractivity contribution is 6.36. The van der Waals surface area contributed by atoms with Crippen LogP contribution >= 0.6 is 11.6 Å². The standard InChI is InChI=1S/C41H43ClF4N4O6/c1-40(2,18-36(52)53)48-19-23-15-31(41(44,45)46)39(50-38(23)55-4)56-33-13-12-27-26(8-6-9-28(27)33)29-10-5-7-25(37(29)42)22-16-32(43)30(34(17-22)54-3)21-47-20-24-11-14-35(51)49-24/h5-10,15-17,24,33,47-48H,11-14,18-21H2,1-4H3,(H,49,51)(H,52,53)/t24-,33-/m0/s1. The van der Waals surface area contributed by atoms with Gasteiger partial charge in [-0.2, -0.15) is 18.2 Å². The van der Waals surface area contributed by atoms with Crippen molar-refractivity contribution in [2.45, 2.75) is 82.9 Å². The van der Waals surface area contributed by atoms with Gasteiger partial charge in [-0.3, -0.25) is 9.59 Å². The number of aliphatic carboxylic acids is 1. The minimum absolute atomic E-state index is 0.00353. The number of nitrogens with zero attached hydrogens (tertiary/aromatic N) is 1. The molecule has 4 aromatic rings. The maximum Gasteiger partial charge on any atom is 0.421 e. The summed E-state index contributed by atoms with van der Waals surface area (Å²) in [5, 5.41) is 18.6. The van der Waals surface area contributed by atoms with Gasteiger partial charge < -0.3 is 35.3 Å². The first kappa shape index (κ1) is 40.7. The molecule has 0 spiro atoms. The first-order chi connectivity index (χ1) is 26.6. The minimum Gasteiger partial charge on any atom is -0.496 e. The maximum atomic E-state index is 15.6. The predicted molar refractivity (Wildman–Crippen MR) is 202 cm³/mol. The van der Waals surface area contributed by atoms with Crippen LogP contribution in [0.15, 0.2) is 54.6 Å². The Morgan fingerprint density at radius 3 is 2.39 bits per heavy atom. The Balaban J connectivity index is 1.26. The number of fused-ring (bicyclic) bond motifs is 1. The Morgan fingerprint density at radius 1 is 0.982 bits per heavy atom. The van der Waals surface area contributed by atoms with Gasteiger partial charge >= 0.3 is 12.1 Å². The van der Waals surface area contributed by atoms with E-state index in [1.165, 1.54) is 20.3 Å². The number of methoxy groups -OCH3 is 2. The molecule has 0 saturated carbocycles. The molecule has 1 aromatic heterocycles. The van der Waals surface area contributed by atoms with Gasteiger partial charge in [0, 0.05) is 59.9 Å². The number of hydrogen-bond donors (Lipinski definition) is 4. The minimum atomic E-state index is -4.82. The molecule has 1 amide bonds. The van der Waals surface area contributed by atoms with E-state index in [1.54, 1.807) is 44.2 Å². The lowest BCUT2D eigenvalue weighted by Crippen LogP contribution is -2.40. The maximum absolute atomic E-state index is 15.6. The van der Waals surface area contributed by atoms with Crippen molar-refractivity contribution in [2.24, 2.45) is 0 Å². The van der Waals surface area contributed by atoms with Crippen LogP contribution < -0.4 is 30.2 Å². The summed E-state index contributed by atoms with van der Waals surface area (Å²) in [6, 6.07) is 14.9. The van der Waals surface area contributed by atoms with E-state index in [2.05, 4.69) is 20.9 Å². The van der Waals surface area contributed by atoms with Crippen molar-refractivity contribution in [3.63, 3.8) is 0 Å². The van der Waals surface area contributed by atoms with Crippen molar-refractivity contribution >= 4 is 23.5 Å². The van der Waals surface area contributed by atoms with Gasteiger partial charge in [0.1, 0.15) is 23.2 Å². The number of rotatable bonds is 15. The first-order valence-corrected chi connectivity index (χ1v) is 18.5. The van der Waals surface area contributed by atoms with E-state index in [-0.39, 0.29) is 42.9 Å². The van der Waals surface area contributed by atoms with Gasteiger partial charge in [0.05, 0.1) is 25.7 Å². The van der Waals surface area contributed by atoms with Crippen LogP contribution in [-0.4, -0.2) is 54.3 Å². The molecule has 0 unspecified atom stereocenters. The smallest absolute Gasteiger partial charge is 0.421 e. The number of ether oxygens (including phenoxy) is 3. The fraction of sp³-hybridized carbons (Fsp3) is 0.390. The van der Waals surface area contributed by atoms with E-state index in [4.69, 9.17) is 25.8 Å². The molecular formula is C41H43ClF4N4O6. The fourth-order valence-electron chi connectivity index (χ4n) is 7.30. The van der Waals surface area contributed by atoms with Crippen LogP contribution in [0.3, 0.4) is 0 Å². The number of nitrogens with one attached hydrogen (secondary N) is 3. The summed E-state index contributed by atoms with van der Waals surface area (Å²) in [6.07, 6.45) is -3.81. The number of carboxylic acids is 1. The van der Waals surface area contributed by atoms with E-state index < -0.39 is 41.0 Å². The van der Waals surface area contributed by atoms with Gasteiger partial charge in [-0.25, -0.2) is 4.39 Å². The second-order valence-electron chi connectivity index (χ2n) is 14.6. The number of benzene rings is 3. The van der Waals surface area contributed by atoms with Gasteiger partial charge in [-0.05, 0) is 73.6 Å². The number of aromatic nitrogens is 1.